The number of thioether (sulfide) groups is 1. The molecule has 1 fully saturated rings. The number of hydrogen-bond donors (Lipinski definition) is 1. The summed E-state index contributed by atoms with van der Waals surface area (Å²) in [6.07, 6.45) is 1.66. The molecular formula is C25H19FN2O4S2. The van der Waals surface area contributed by atoms with Gasteiger partial charge in [-0.2, -0.15) is 5.01 Å². The van der Waals surface area contributed by atoms with E-state index in [-0.39, 0.29) is 16.7 Å². The lowest BCUT2D eigenvalue weighted by molar-refractivity contribution is -0.123. The molecule has 0 radical (unpaired) electrons. The predicted molar refractivity (Wildman–Crippen MR) is 133 cm³/mol. The highest BCUT2D eigenvalue weighted by Gasteiger charge is 2.33. The Balaban J connectivity index is 1.43. The number of amides is 2. The summed E-state index contributed by atoms with van der Waals surface area (Å²) in [5, 5.41) is 1.05. The number of nitrogens with one attached hydrogen (secondary N) is 1. The number of halogens is 1. The molecule has 6 nitrogen and oxygen atoms in total. The average Bonchev–Trinajstić information content (AvgIpc) is 3.11. The molecule has 34 heavy (non-hydrogen) atoms. The van der Waals surface area contributed by atoms with Gasteiger partial charge in [0.2, 0.25) is 0 Å². The summed E-state index contributed by atoms with van der Waals surface area (Å²) in [5.74, 6) is -0.0946. The molecule has 0 aliphatic carbocycles. The number of carbonyl (C=O) groups excluding carboxylic acids is 2. The van der Waals surface area contributed by atoms with Crippen LogP contribution in [0.3, 0.4) is 0 Å². The largest absolute Gasteiger partial charge is 0.497 e. The second-order valence-corrected chi connectivity index (χ2v) is 8.81. The maximum atomic E-state index is 13.8. The molecule has 0 saturated carbocycles. The van der Waals surface area contributed by atoms with E-state index in [1.165, 1.54) is 13.2 Å². The van der Waals surface area contributed by atoms with Gasteiger partial charge in [-0.3, -0.25) is 15.0 Å². The van der Waals surface area contributed by atoms with Crippen LogP contribution in [0.5, 0.6) is 11.5 Å². The second kappa shape index (κ2) is 10.5. The van der Waals surface area contributed by atoms with E-state index in [0.29, 0.717) is 33.1 Å². The van der Waals surface area contributed by atoms with Crippen molar-refractivity contribution in [2.24, 2.45) is 0 Å². The molecule has 172 valence electrons. The SMILES string of the molecule is COc1ccc(C(=O)NN2C(=O)/C(=C\c3cccc(OCc4ccccc4F)c3)SC2=S)cc1. The van der Waals surface area contributed by atoms with Gasteiger partial charge in [0, 0.05) is 11.1 Å². The van der Waals surface area contributed by atoms with Crippen LogP contribution in [0.4, 0.5) is 4.39 Å². The molecule has 0 spiro atoms. The van der Waals surface area contributed by atoms with Gasteiger partial charge in [0.05, 0.1) is 12.0 Å². The van der Waals surface area contributed by atoms with Crippen molar-refractivity contribution in [2.45, 2.75) is 6.61 Å². The number of ether oxygens (including phenoxy) is 2. The van der Waals surface area contributed by atoms with Crippen molar-refractivity contribution in [1.82, 2.24) is 10.4 Å². The Morgan fingerprint density at radius 1 is 1.09 bits per heavy atom. The van der Waals surface area contributed by atoms with Crippen LogP contribution in [0.2, 0.25) is 0 Å². The number of carbonyl (C=O) groups is 2. The summed E-state index contributed by atoms with van der Waals surface area (Å²) in [6, 6.07) is 20.0. The van der Waals surface area contributed by atoms with Crippen molar-refractivity contribution in [1.29, 1.82) is 0 Å². The topological polar surface area (TPSA) is 67.9 Å². The van der Waals surface area contributed by atoms with Crippen LogP contribution in [0, 0.1) is 5.82 Å². The Hall–Kier alpha value is -3.69. The first-order valence-electron chi connectivity index (χ1n) is 10.1. The van der Waals surface area contributed by atoms with Crippen LogP contribution >= 0.6 is 24.0 Å². The highest BCUT2D eigenvalue weighted by Crippen LogP contribution is 2.32. The normalized spacial score (nSPS) is 14.4. The summed E-state index contributed by atoms with van der Waals surface area (Å²) in [5.41, 5.74) is 4.05. The Bertz CT molecular complexity index is 1280. The standard InChI is InChI=1S/C25H19FN2O4S2/c1-31-19-11-9-17(10-12-19)23(29)27-28-24(30)22(34-25(28)33)14-16-5-4-7-20(13-16)32-15-18-6-2-3-8-21(18)26/h2-14H,15H2,1H3,(H,27,29)/b22-14+. The zero-order valence-corrected chi connectivity index (χ0v) is 19.6. The van der Waals surface area contributed by atoms with Gasteiger partial charge in [-0.25, -0.2) is 4.39 Å². The number of benzene rings is 3. The molecule has 1 heterocycles. The van der Waals surface area contributed by atoms with E-state index in [1.807, 2.05) is 0 Å². The third-order valence-corrected chi connectivity index (χ3v) is 6.17. The van der Waals surface area contributed by atoms with Gasteiger partial charge in [-0.15, -0.1) is 0 Å². The minimum Gasteiger partial charge on any atom is -0.497 e. The van der Waals surface area contributed by atoms with Gasteiger partial charge < -0.3 is 9.47 Å². The fourth-order valence-corrected chi connectivity index (χ4v) is 4.27. The molecule has 1 aliphatic rings. The van der Waals surface area contributed by atoms with E-state index in [1.54, 1.807) is 72.8 Å². The molecule has 4 rings (SSSR count). The highest BCUT2D eigenvalue weighted by atomic mass is 32.2. The third-order valence-electron chi connectivity index (χ3n) is 4.87. The molecule has 1 N–H and O–H groups in total. The number of methoxy groups -OCH3 is 1. The van der Waals surface area contributed by atoms with E-state index >= 15 is 0 Å². The molecule has 0 unspecified atom stereocenters. The average molecular weight is 495 g/mol. The molecule has 3 aromatic carbocycles. The fraction of sp³-hybridized carbons (Fsp3) is 0.0800. The van der Waals surface area contributed by atoms with Gasteiger partial charge in [-0.05, 0) is 66.3 Å². The van der Waals surface area contributed by atoms with E-state index in [2.05, 4.69) is 5.43 Å². The first-order chi connectivity index (χ1) is 16.4. The van der Waals surface area contributed by atoms with Crippen LogP contribution in [0.15, 0.2) is 77.7 Å². The lowest BCUT2D eigenvalue weighted by atomic mass is 10.2. The quantitative estimate of drug-likeness (QED) is 0.370. The van der Waals surface area contributed by atoms with Crippen molar-refractivity contribution in [2.75, 3.05) is 7.11 Å². The maximum Gasteiger partial charge on any atom is 0.285 e. The minimum atomic E-state index is -0.469. The fourth-order valence-electron chi connectivity index (χ4n) is 3.09. The summed E-state index contributed by atoms with van der Waals surface area (Å²) in [6.45, 7) is 0.0790. The predicted octanol–water partition coefficient (Wildman–Crippen LogP) is 4.96. The Morgan fingerprint density at radius 2 is 1.85 bits per heavy atom. The van der Waals surface area contributed by atoms with Crippen molar-refractivity contribution >= 4 is 46.2 Å². The van der Waals surface area contributed by atoms with E-state index in [9.17, 15) is 14.0 Å². The molecule has 3 aromatic rings. The molecule has 1 aliphatic heterocycles. The molecule has 2 amide bonds. The number of nitrogens with zero attached hydrogens (tertiary/aromatic N) is 1. The van der Waals surface area contributed by atoms with Gasteiger partial charge in [0.1, 0.15) is 23.9 Å². The highest BCUT2D eigenvalue weighted by molar-refractivity contribution is 8.26. The number of thiocarbonyl (C=S) groups is 1. The molecule has 9 heteroatoms. The maximum absolute atomic E-state index is 13.8. The Labute approximate surface area is 205 Å². The molecule has 0 aromatic heterocycles. The zero-order chi connectivity index (χ0) is 24.1. The summed E-state index contributed by atoms with van der Waals surface area (Å²) < 4.78 is 24.8. The Kier molecular flexibility index (Phi) is 7.24. The van der Waals surface area contributed by atoms with E-state index < -0.39 is 11.8 Å². The number of rotatable bonds is 7. The summed E-state index contributed by atoms with van der Waals surface area (Å²) in [7, 11) is 1.53. The van der Waals surface area contributed by atoms with Gasteiger partial charge in [0.25, 0.3) is 11.8 Å². The third kappa shape index (κ3) is 5.44. The van der Waals surface area contributed by atoms with Crippen molar-refractivity contribution in [3.05, 3.63) is 100 Å². The van der Waals surface area contributed by atoms with Crippen LogP contribution in [0.1, 0.15) is 21.5 Å². The number of hydrogen-bond acceptors (Lipinski definition) is 6. The van der Waals surface area contributed by atoms with E-state index in [4.69, 9.17) is 21.7 Å². The van der Waals surface area contributed by atoms with Gasteiger partial charge in [0.15, 0.2) is 4.32 Å². The minimum absolute atomic E-state index is 0.0790. The molecule has 1 saturated heterocycles. The zero-order valence-electron chi connectivity index (χ0n) is 18.0. The van der Waals surface area contributed by atoms with Crippen LogP contribution in [-0.2, 0) is 11.4 Å². The number of hydrazine groups is 1. The Morgan fingerprint density at radius 3 is 2.59 bits per heavy atom. The van der Waals surface area contributed by atoms with Gasteiger partial charge >= 0.3 is 0 Å². The smallest absolute Gasteiger partial charge is 0.285 e. The van der Waals surface area contributed by atoms with Crippen LogP contribution in [0.25, 0.3) is 6.08 Å². The molecule has 0 bridgehead atoms. The van der Waals surface area contributed by atoms with Crippen LogP contribution in [-0.4, -0.2) is 28.3 Å². The lowest BCUT2D eigenvalue weighted by Crippen LogP contribution is -2.44. The molecular weight excluding hydrogens is 475 g/mol. The summed E-state index contributed by atoms with van der Waals surface area (Å²) in [4.78, 5) is 25.8. The lowest BCUT2D eigenvalue weighted by Gasteiger charge is -2.15. The van der Waals surface area contributed by atoms with Crippen LogP contribution < -0.4 is 14.9 Å². The monoisotopic (exact) mass is 494 g/mol. The van der Waals surface area contributed by atoms with Crippen molar-refractivity contribution in [3.63, 3.8) is 0 Å². The van der Waals surface area contributed by atoms with Crippen molar-refractivity contribution < 1.29 is 23.5 Å². The first-order valence-corrected chi connectivity index (χ1v) is 11.4. The summed E-state index contributed by atoms with van der Waals surface area (Å²) >= 11 is 6.37. The second-order valence-electron chi connectivity index (χ2n) is 7.14. The van der Waals surface area contributed by atoms with E-state index in [0.717, 1.165) is 16.8 Å². The first kappa shape index (κ1) is 23.5. The van der Waals surface area contributed by atoms with Gasteiger partial charge in [-0.1, -0.05) is 42.1 Å². The molecule has 0 atom stereocenters. The van der Waals surface area contributed by atoms with Crippen molar-refractivity contribution in [3.8, 4) is 11.5 Å².